The molecule has 0 aliphatic rings. The predicted molar refractivity (Wildman–Crippen MR) is 79.0 cm³/mol. The van der Waals surface area contributed by atoms with Crippen molar-refractivity contribution in [2.75, 3.05) is 6.54 Å². The number of hydrogen-bond donors (Lipinski definition) is 1. The third kappa shape index (κ3) is 16.0. The summed E-state index contributed by atoms with van der Waals surface area (Å²) in [5.41, 5.74) is 5.45. The molecule has 0 saturated carbocycles. The predicted octanol–water partition coefficient (Wildman–Crippen LogP) is 5.24. The van der Waals surface area contributed by atoms with Crippen molar-refractivity contribution in [3.8, 4) is 0 Å². The van der Waals surface area contributed by atoms with Gasteiger partial charge < -0.3 is 5.73 Å². The maximum Gasteiger partial charge on any atom is -0.00772 e. The highest BCUT2D eigenvalue weighted by Crippen LogP contribution is 2.12. The minimum absolute atomic E-state index is 0.842. The van der Waals surface area contributed by atoms with Gasteiger partial charge in [0.1, 0.15) is 0 Å². The summed E-state index contributed by atoms with van der Waals surface area (Å²) in [6, 6.07) is 0. The molecule has 0 amide bonds. The molecule has 0 spiro atoms. The fourth-order valence-electron chi connectivity index (χ4n) is 2.18. The van der Waals surface area contributed by atoms with E-state index < -0.39 is 0 Å². The van der Waals surface area contributed by atoms with E-state index in [9.17, 15) is 0 Å². The molecule has 2 N–H and O–H groups in total. The van der Waals surface area contributed by atoms with Gasteiger partial charge in [0.15, 0.2) is 0 Å². The minimum Gasteiger partial charge on any atom is -0.330 e. The van der Waals surface area contributed by atoms with Gasteiger partial charge in [0, 0.05) is 0 Å². The molecule has 0 heterocycles. The fraction of sp³-hybridized carbons (Fsp3) is 0.938. The van der Waals surface area contributed by atoms with Crippen LogP contribution < -0.4 is 5.73 Å². The molecule has 0 aromatic heterocycles. The zero-order valence-corrected chi connectivity index (χ0v) is 12.1. The van der Waals surface area contributed by atoms with Crippen LogP contribution in [0.5, 0.6) is 0 Å². The Kier molecular flexibility index (Phi) is 15.9. The van der Waals surface area contributed by atoms with Gasteiger partial charge in [0.05, 0.1) is 0 Å². The van der Waals surface area contributed by atoms with Gasteiger partial charge in [-0.3, -0.25) is 0 Å². The summed E-state index contributed by atoms with van der Waals surface area (Å²) in [5, 5.41) is 0. The first kappa shape index (κ1) is 17.0. The highest BCUT2D eigenvalue weighted by Gasteiger charge is 1.93. The topological polar surface area (TPSA) is 26.0 Å². The van der Waals surface area contributed by atoms with Gasteiger partial charge in [-0.1, -0.05) is 77.6 Å². The molecule has 0 saturated heterocycles. The summed E-state index contributed by atoms with van der Waals surface area (Å²) in [7, 11) is 0. The van der Waals surface area contributed by atoms with Crippen LogP contribution in [-0.4, -0.2) is 6.54 Å². The lowest BCUT2D eigenvalue weighted by Gasteiger charge is -2.02. The molecule has 0 atom stereocenters. The first-order valence-electron chi connectivity index (χ1n) is 7.93. The summed E-state index contributed by atoms with van der Waals surface area (Å²) in [5.74, 6) is 0. The summed E-state index contributed by atoms with van der Waals surface area (Å²) in [6.45, 7) is 3.12. The SMILES string of the molecule is CCCCCCCCCCCC[CH]CCCN. The first-order valence-corrected chi connectivity index (χ1v) is 7.93. The van der Waals surface area contributed by atoms with Gasteiger partial charge >= 0.3 is 0 Å². The van der Waals surface area contributed by atoms with E-state index >= 15 is 0 Å². The Balaban J connectivity index is 2.85. The second-order valence-electron chi connectivity index (χ2n) is 5.19. The van der Waals surface area contributed by atoms with Crippen molar-refractivity contribution in [3.63, 3.8) is 0 Å². The van der Waals surface area contributed by atoms with Gasteiger partial charge in [-0.25, -0.2) is 0 Å². The molecule has 0 rings (SSSR count). The number of hydrogen-bond acceptors (Lipinski definition) is 1. The van der Waals surface area contributed by atoms with Crippen LogP contribution in [0.3, 0.4) is 0 Å². The molecule has 1 radical (unpaired) electrons. The fourth-order valence-corrected chi connectivity index (χ4v) is 2.18. The van der Waals surface area contributed by atoms with Crippen LogP contribution in [0.4, 0.5) is 0 Å². The van der Waals surface area contributed by atoms with Gasteiger partial charge in [-0.2, -0.15) is 0 Å². The van der Waals surface area contributed by atoms with E-state index in [1.807, 2.05) is 0 Å². The third-order valence-electron chi connectivity index (χ3n) is 3.37. The molecule has 1 heteroatoms. The van der Waals surface area contributed by atoms with Crippen molar-refractivity contribution in [3.05, 3.63) is 6.42 Å². The molecular weight excluding hydrogens is 206 g/mol. The Morgan fingerprint density at radius 1 is 0.647 bits per heavy atom. The summed E-state index contributed by atoms with van der Waals surface area (Å²) in [6.07, 6.45) is 20.4. The molecule has 0 unspecified atom stereocenters. The molecule has 0 aliphatic carbocycles. The second kappa shape index (κ2) is 16.0. The normalized spacial score (nSPS) is 10.9. The zero-order valence-electron chi connectivity index (χ0n) is 12.1. The molecular formula is C16H34N. The van der Waals surface area contributed by atoms with Crippen LogP contribution in [0, 0.1) is 6.42 Å². The lowest BCUT2D eigenvalue weighted by atomic mass is 10.0. The van der Waals surface area contributed by atoms with Crippen LogP contribution >= 0.6 is 0 Å². The van der Waals surface area contributed by atoms with E-state index in [1.54, 1.807) is 0 Å². The zero-order chi connectivity index (χ0) is 12.6. The lowest BCUT2D eigenvalue weighted by Crippen LogP contribution is -1.97. The van der Waals surface area contributed by atoms with Crippen LogP contribution in [-0.2, 0) is 0 Å². The first-order chi connectivity index (χ1) is 8.41. The number of unbranched alkanes of at least 4 members (excludes halogenated alkanes) is 13. The van der Waals surface area contributed by atoms with Gasteiger partial charge in [-0.15, -0.1) is 0 Å². The van der Waals surface area contributed by atoms with Gasteiger partial charge in [0.2, 0.25) is 0 Å². The third-order valence-corrected chi connectivity index (χ3v) is 3.37. The molecule has 103 valence electrons. The van der Waals surface area contributed by atoms with E-state index in [4.69, 9.17) is 5.73 Å². The molecule has 0 aromatic rings. The van der Waals surface area contributed by atoms with Crippen molar-refractivity contribution in [1.29, 1.82) is 0 Å². The largest absolute Gasteiger partial charge is 0.330 e. The van der Waals surface area contributed by atoms with Crippen molar-refractivity contribution in [2.45, 2.75) is 90.4 Å². The van der Waals surface area contributed by atoms with E-state index in [1.165, 1.54) is 77.0 Å². The Morgan fingerprint density at radius 3 is 1.65 bits per heavy atom. The number of rotatable bonds is 14. The van der Waals surface area contributed by atoms with E-state index in [2.05, 4.69) is 13.3 Å². The molecule has 0 aliphatic heterocycles. The summed E-state index contributed by atoms with van der Waals surface area (Å²) < 4.78 is 0. The highest BCUT2D eigenvalue weighted by atomic mass is 14.5. The Hall–Kier alpha value is -0.0400. The van der Waals surface area contributed by atoms with E-state index in [0.29, 0.717) is 0 Å². The van der Waals surface area contributed by atoms with Crippen LogP contribution in [0.15, 0.2) is 0 Å². The summed E-state index contributed by atoms with van der Waals surface area (Å²) in [4.78, 5) is 0. The van der Waals surface area contributed by atoms with Crippen molar-refractivity contribution in [2.24, 2.45) is 5.73 Å². The standard InChI is InChI=1S/C16H34N/c1-2-3-4-5-6-7-8-9-10-11-12-13-14-15-16-17/h13H,2-12,14-17H2,1H3. The van der Waals surface area contributed by atoms with Gasteiger partial charge in [0.25, 0.3) is 0 Å². The van der Waals surface area contributed by atoms with Crippen LogP contribution in [0.25, 0.3) is 0 Å². The maximum absolute atomic E-state index is 5.45. The molecule has 17 heavy (non-hydrogen) atoms. The quantitative estimate of drug-likeness (QED) is 0.413. The Labute approximate surface area is 110 Å². The monoisotopic (exact) mass is 240 g/mol. The van der Waals surface area contributed by atoms with Crippen molar-refractivity contribution >= 4 is 0 Å². The van der Waals surface area contributed by atoms with E-state index in [0.717, 1.165) is 13.0 Å². The second-order valence-corrected chi connectivity index (χ2v) is 5.19. The molecule has 0 fully saturated rings. The van der Waals surface area contributed by atoms with Crippen molar-refractivity contribution < 1.29 is 0 Å². The average molecular weight is 240 g/mol. The summed E-state index contributed by atoms with van der Waals surface area (Å²) >= 11 is 0. The number of nitrogens with two attached hydrogens (primary N) is 1. The Bertz CT molecular complexity index is 109. The lowest BCUT2D eigenvalue weighted by molar-refractivity contribution is 0.553. The minimum atomic E-state index is 0.842. The maximum atomic E-state index is 5.45. The van der Waals surface area contributed by atoms with Gasteiger partial charge in [-0.05, 0) is 25.8 Å². The van der Waals surface area contributed by atoms with Crippen LogP contribution in [0.1, 0.15) is 90.4 Å². The van der Waals surface area contributed by atoms with E-state index in [-0.39, 0.29) is 0 Å². The molecule has 0 bridgehead atoms. The Morgan fingerprint density at radius 2 is 1.12 bits per heavy atom. The molecule has 1 nitrogen and oxygen atoms in total. The smallest absolute Gasteiger partial charge is 0.00772 e. The highest BCUT2D eigenvalue weighted by molar-refractivity contribution is 4.64. The van der Waals surface area contributed by atoms with Crippen molar-refractivity contribution in [1.82, 2.24) is 0 Å². The van der Waals surface area contributed by atoms with Crippen LogP contribution in [0.2, 0.25) is 0 Å². The average Bonchev–Trinajstić information content (AvgIpc) is 2.35. The molecule has 0 aromatic carbocycles.